The molecule has 1 atom stereocenters. The third kappa shape index (κ3) is 3.83. The summed E-state index contributed by atoms with van der Waals surface area (Å²) in [6, 6.07) is 2.19. The Morgan fingerprint density at radius 2 is 2.16 bits per heavy atom. The van der Waals surface area contributed by atoms with Crippen molar-refractivity contribution in [1.29, 1.82) is 0 Å². The monoisotopic (exact) mass is 421 g/mol. The smallest absolute Gasteiger partial charge is 0.349 e. The second-order valence-corrected chi connectivity index (χ2v) is 8.62. The van der Waals surface area contributed by atoms with Gasteiger partial charge in [-0.25, -0.2) is 9.78 Å². The lowest BCUT2D eigenvalue weighted by Crippen LogP contribution is -3.16. The van der Waals surface area contributed by atoms with E-state index < -0.39 is 0 Å². The standard InChI is InChI=1S/C24H28N4O3/c1-2-27-15-21(24(30)28-7-9-31-10-8-28)22(29)20-13-19(14-25-23(20)27)26-18-11-16-5-3-4-6-17(16)12-18/h3,5,13-15,18,26H,2,4,6-12H2,1H3/p+1. The van der Waals surface area contributed by atoms with Crippen molar-refractivity contribution in [3.05, 3.63) is 57.5 Å². The molecule has 0 aromatic carbocycles. The van der Waals surface area contributed by atoms with Crippen LogP contribution in [0.15, 0.2) is 46.6 Å². The predicted octanol–water partition coefficient (Wildman–Crippen LogP) is 1.69. The van der Waals surface area contributed by atoms with Crippen LogP contribution in [-0.4, -0.2) is 47.8 Å². The van der Waals surface area contributed by atoms with Gasteiger partial charge in [0.2, 0.25) is 5.43 Å². The van der Waals surface area contributed by atoms with Gasteiger partial charge in [-0.05, 0) is 44.2 Å². The molecule has 2 aromatic heterocycles. The number of carbonyl (C=O) groups excluding carboxylic acids is 1. The van der Waals surface area contributed by atoms with E-state index in [2.05, 4.69) is 22.5 Å². The Hall–Kier alpha value is -2.77. The number of carbonyl (C=O) groups is 1. The number of aromatic nitrogens is 2. The Morgan fingerprint density at radius 1 is 1.32 bits per heavy atom. The molecule has 31 heavy (non-hydrogen) atoms. The molecule has 0 saturated carbocycles. The Labute approximate surface area is 181 Å². The number of morpholine rings is 1. The van der Waals surface area contributed by atoms with Crippen LogP contribution in [0.25, 0.3) is 11.0 Å². The van der Waals surface area contributed by atoms with Gasteiger partial charge in [-0.15, -0.1) is 0 Å². The highest BCUT2D eigenvalue weighted by atomic mass is 16.5. The summed E-state index contributed by atoms with van der Waals surface area (Å²) in [5, 5.41) is 4.07. The number of pyridine rings is 2. The summed E-state index contributed by atoms with van der Waals surface area (Å²) in [6.07, 6.45) is 12.3. The molecule has 2 aromatic rings. The van der Waals surface area contributed by atoms with E-state index in [1.54, 1.807) is 18.0 Å². The van der Waals surface area contributed by atoms with E-state index in [1.165, 1.54) is 5.57 Å². The minimum atomic E-state index is -0.230. The summed E-state index contributed by atoms with van der Waals surface area (Å²) < 4.78 is 7.26. The van der Waals surface area contributed by atoms with Gasteiger partial charge in [0.05, 0.1) is 30.5 Å². The van der Waals surface area contributed by atoms with E-state index in [4.69, 9.17) is 4.74 Å². The van der Waals surface area contributed by atoms with Crippen molar-refractivity contribution in [3.8, 4) is 0 Å². The summed E-state index contributed by atoms with van der Waals surface area (Å²) in [5.41, 5.74) is 4.47. The minimum Gasteiger partial charge on any atom is -0.380 e. The molecule has 0 spiro atoms. The van der Waals surface area contributed by atoms with Gasteiger partial charge < -0.3 is 14.6 Å². The number of anilines is 1. The average molecular weight is 422 g/mol. The first-order valence-electron chi connectivity index (χ1n) is 11.3. The van der Waals surface area contributed by atoms with Crippen molar-refractivity contribution in [1.82, 2.24) is 9.55 Å². The topological polar surface area (TPSA) is 77.7 Å². The number of ether oxygens (including phenoxy) is 1. The second kappa shape index (κ2) is 8.40. The van der Waals surface area contributed by atoms with E-state index >= 15 is 0 Å². The van der Waals surface area contributed by atoms with E-state index in [-0.39, 0.29) is 16.9 Å². The first kappa shape index (κ1) is 20.2. The molecule has 7 nitrogen and oxygen atoms in total. The lowest BCUT2D eigenvalue weighted by atomic mass is 10.0. The fraction of sp³-hybridized carbons (Fsp3) is 0.458. The number of amides is 1. The van der Waals surface area contributed by atoms with Crippen molar-refractivity contribution in [3.63, 3.8) is 0 Å². The molecule has 3 heterocycles. The van der Waals surface area contributed by atoms with E-state index in [1.807, 2.05) is 17.6 Å². The maximum absolute atomic E-state index is 13.3. The van der Waals surface area contributed by atoms with Gasteiger partial charge in [-0.1, -0.05) is 17.7 Å². The molecular weight excluding hydrogens is 392 g/mol. The number of nitrogens with one attached hydrogen (secondary N) is 2. The molecule has 2 N–H and O–H groups in total. The number of nitrogens with zero attached hydrogens (tertiary/aromatic N) is 2. The van der Waals surface area contributed by atoms with E-state index in [9.17, 15) is 9.59 Å². The zero-order valence-corrected chi connectivity index (χ0v) is 17.9. The zero-order chi connectivity index (χ0) is 21.4. The first-order chi connectivity index (χ1) is 15.1. The molecule has 1 fully saturated rings. The molecule has 0 radical (unpaired) electrons. The van der Waals surface area contributed by atoms with Crippen LogP contribution >= 0.6 is 0 Å². The number of fused-ring (bicyclic) bond motifs is 1. The summed E-state index contributed by atoms with van der Waals surface area (Å²) >= 11 is 0. The summed E-state index contributed by atoms with van der Waals surface area (Å²) in [5.74, 6) is -0.143. The molecule has 2 aliphatic carbocycles. The molecule has 1 saturated heterocycles. The van der Waals surface area contributed by atoms with Crippen LogP contribution in [0.3, 0.4) is 0 Å². The number of aryl methyl sites for hydroxylation is 1. The van der Waals surface area contributed by atoms with Crippen molar-refractivity contribution in [2.24, 2.45) is 0 Å². The molecular formula is C24H29N4O3+. The molecule has 0 bridgehead atoms. The predicted molar refractivity (Wildman–Crippen MR) is 120 cm³/mol. The Balaban J connectivity index is 1.46. The molecule has 3 aliphatic rings. The highest BCUT2D eigenvalue weighted by Crippen LogP contribution is 2.35. The van der Waals surface area contributed by atoms with Crippen molar-refractivity contribution in [2.45, 2.75) is 45.2 Å². The maximum atomic E-state index is 13.3. The van der Waals surface area contributed by atoms with Crippen LogP contribution in [0.2, 0.25) is 0 Å². The van der Waals surface area contributed by atoms with Crippen LogP contribution in [0.5, 0.6) is 0 Å². The highest BCUT2D eigenvalue weighted by molar-refractivity contribution is 5.92. The van der Waals surface area contributed by atoms with Gasteiger partial charge >= 0.3 is 5.91 Å². The molecule has 7 heteroatoms. The summed E-state index contributed by atoms with van der Waals surface area (Å²) in [7, 11) is 0. The first-order valence-corrected chi connectivity index (χ1v) is 11.3. The maximum Gasteiger partial charge on any atom is 0.349 e. The van der Waals surface area contributed by atoms with Gasteiger partial charge in [-0.2, -0.15) is 0 Å². The van der Waals surface area contributed by atoms with E-state index in [0.29, 0.717) is 49.9 Å². The summed E-state index contributed by atoms with van der Waals surface area (Å²) in [6.45, 7) is 4.91. The average Bonchev–Trinajstić information content (AvgIpc) is 3.22. The van der Waals surface area contributed by atoms with E-state index in [0.717, 1.165) is 36.3 Å². The van der Waals surface area contributed by atoms with Gasteiger partial charge in [0.25, 0.3) is 0 Å². The van der Waals surface area contributed by atoms with Gasteiger partial charge in [-0.3, -0.25) is 9.69 Å². The lowest BCUT2D eigenvalue weighted by molar-refractivity contribution is -0.824. The number of allylic oxidation sites excluding steroid dienone is 2. The number of quaternary nitrogens is 1. The molecule has 1 unspecified atom stereocenters. The van der Waals surface area contributed by atoms with Crippen molar-refractivity contribution < 1.29 is 14.4 Å². The van der Waals surface area contributed by atoms with Gasteiger partial charge in [0.15, 0.2) is 0 Å². The van der Waals surface area contributed by atoms with Crippen molar-refractivity contribution in [2.75, 3.05) is 31.6 Å². The van der Waals surface area contributed by atoms with Crippen LogP contribution in [0.1, 0.15) is 43.0 Å². The number of hydrogen-bond acceptors (Lipinski definition) is 5. The second-order valence-electron chi connectivity index (χ2n) is 8.62. The molecule has 162 valence electrons. The Morgan fingerprint density at radius 3 is 2.94 bits per heavy atom. The fourth-order valence-corrected chi connectivity index (χ4v) is 4.97. The van der Waals surface area contributed by atoms with Crippen LogP contribution in [0, 0.1) is 0 Å². The summed E-state index contributed by atoms with van der Waals surface area (Å²) in [4.78, 5) is 31.8. The normalized spacial score (nSPS) is 21.5. The largest absolute Gasteiger partial charge is 0.380 e. The van der Waals surface area contributed by atoms with Crippen LogP contribution in [0.4, 0.5) is 5.69 Å². The molecule has 1 amide bonds. The van der Waals surface area contributed by atoms with Crippen LogP contribution < -0.4 is 15.6 Å². The van der Waals surface area contributed by atoms with Gasteiger partial charge in [0, 0.05) is 18.8 Å². The quantitative estimate of drug-likeness (QED) is 0.786. The van der Waals surface area contributed by atoms with Crippen LogP contribution in [-0.2, 0) is 11.3 Å². The number of hydrogen-bond donors (Lipinski definition) is 2. The van der Waals surface area contributed by atoms with Gasteiger partial charge in [0.1, 0.15) is 24.3 Å². The zero-order valence-electron chi connectivity index (χ0n) is 17.9. The molecule has 5 rings (SSSR count). The third-order valence-corrected chi connectivity index (χ3v) is 6.63. The molecule has 1 aliphatic heterocycles. The van der Waals surface area contributed by atoms with Crippen molar-refractivity contribution >= 4 is 22.6 Å². The highest BCUT2D eigenvalue weighted by Gasteiger charge is 2.28. The SMILES string of the molecule is CCn1cc(C(=O)[NH+]2CCOCC2)c(=O)c2cc(NC3CC4=C(CCC=C4)C3)cnc21. The Bertz CT molecular complexity index is 1140. The Kier molecular flexibility index (Phi) is 5.46. The minimum absolute atomic E-state index is 0.143. The lowest BCUT2D eigenvalue weighted by Gasteiger charge is -2.22. The fourth-order valence-electron chi connectivity index (χ4n) is 4.97. The third-order valence-electron chi connectivity index (χ3n) is 6.63. The number of rotatable bonds is 4.